The first kappa shape index (κ1) is 25.1. The van der Waals surface area contributed by atoms with E-state index in [1.807, 2.05) is 0 Å². The van der Waals surface area contributed by atoms with Crippen LogP contribution < -0.4 is 0 Å². The number of halogens is 7. The standard InChI is InChI=1S/C16H21F7O6S/c1-13(25,15(19,20)21)7-10-5-9-4-8(10)6-11(9)29-12(24)2-3-14(17,18)16(22,23)30(26,27)28/h8-11,25H,2-7H2,1H3,(H,26,27,28). The average molecular weight is 474 g/mol. The summed E-state index contributed by atoms with van der Waals surface area (Å²) in [7, 11) is -6.40. The largest absolute Gasteiger partial charge is 0.462 e. The molecule has 2 rings (SSSR count). The molecule has 2 bridgehead atoms. The summed E-state index contributed by atoms with van der Waals surface area (Å²) < 4.78 is 126. The molecule has 2 aliphatic rings. The Bertz CT molecular complexity index is 765. The molecule has 0 aromatic heterocycles. The number of esters is 1. The Labute approximate surface area is 167 Å². The Morgan fingerprint density at radius 3 is 2.03 bits per heavy atom. The molecule has 6 nitrogen and oxygen atoms in total. The lowest BCUT2D eigenvalue weighted by molar-refractivity contribution is -0.259. The second-order valence-corrected chi connectivity index (χ2v) is 9.65. The Morgan fingerprint density at radius 2 is 1.60 bits per heavy atom. The van der Waals surface area contributed by atoms with Crippen LogP contribution in [0.25, 0.3) is 0 Å². The van der Waals surface area contributed by atoms with Gasteiger partial charge in [-0.3, -0.25) is 9.35 Å². The highest BCUT2D eigenvalue weighted by molar-refractivity contribution is 7.87. The van der Waals surface area contributed by atoms with Gasteiger partial charge in [-0.15, -0.1) is 0 Å². The van der Waals surface area contributed by atoms with Crippen LogP contribution in [0.4, 0.5) is 30.7 Å². The number of alkyl halides is 7. The van der Waals surface area contributed by atoms with Crippen molar-refractivity contribution < 1.29 is 58.3 Å². The third-order valence-electron chi connectivity index (χ3n) is 5.88. The molecule has 0 aromatic rings. The van der Waals surface area contributed by atoms with E-state index in [0.29, 0.717) is 13.3 Å². The summed E-state index contributed by atoms with van der Waals surface area (Å²) in [5.41, 5.74) is -2.88. The van der Waals surface area contributed by atoms with Gasteiger partial charge in [-0.25, -0.2) is 0 Å². The Balaban J connectivity index is 1.87. The quantitative estimate of drug-likeness (QED) is 0.317. The predicted molar refractivity (Wildman–Crippen MR) is 86.2 cm³/mol. The van der Waals surface area contributed by atoms with Crippen LogP contribution in [0.5, 0.6) is 0 Å². The second kappa shape index (κ2) is 7.76. The molecular weight excluding hydrogens is 453 g/mol. The number of rotatable bonds is 8. The fourth-order valence-electron chi connectivity index (χ4n) is 4.18. The third-order valence-corrected chi connectivity index (χ3v) is 6.83. The molecule has 0 aliphatic heterocycles. The van der Waals surface area contributed by atoms with Crippen molar-refractivity contribution in [3.8, 4) is 0 Å². The van der Waals surface area contributed by atoms with Crippen LogP contribution in [0.1, 0.15) is 45.4 Å². The Kier molecular flexibility index (Phi) is 6.50. The first-order valence-electron chi connectivity index (χ1n) is 9.00. The van der Waals surface area contributed by atoms with Crippen molar-refractivity contribution in [2.24, 2.45) is 17.8 Å². The van der Waals surface area contributed by atoms with Crippen LogP contribution in [0, 0.1) is 17.8 Å². The third kappa shape index (κ3) is 4.85. The van der Waals surface area contributed by atoms with Crippen molar-refractivity contribution in [3.05, 3.63) is 0 Å². The highest BCUT2D eigenvalue weighted by Gasteiger charge is 2.65. The summed E-state index contributed by atoms with van der Waals surface area (Å²) in [4.78, 5) is 11.7. The van der Waals surface area contributed by atoms with Gasteiger partial charge in [-0.2, -0.15) is 39.2 Å². The number of hydrogen-bond acceptors (Lipinski definition) is 5. The van der Waals surface area contributed by atoms with Gasteiger partial charge in [0, 0.05) is 6.42 Å². The summed E-state index contributed by atoms with van der Waals surface area (Å²) in [5.74, 6) is -7.63. The summed E-state index contributed by atoms with van der Waals surface area (Å²) in [6.07, 6.45) is -8.50. The van der Waals surface area contributed by atoms with Crippen molar-refractivity contribution in [2.75, 3.05) is 0 Å². The van der Waals surface area contributed by atoms with Crippen molar-refractivity contribution in [2.45, 2.75) is 74.5 Å². The number of carbonyl (C=O) groups is 1. The van der Waals surface area contributed by atoms with Crippen molar-refractivity contribution in [1.82, 2.24) is 0 Å². The smallest absolute Gasteiger partial charge is 0.431 e. The molecule has 0 radical (unpaired) electrons. The normalized spacial score (nSPS) is 29.7. The summed E-state index contributed by atoms with van der Waals surface area (Å²) in [6, 6.07) is 0. The van der Waals surface area contributed by atoms with Gasteiger partial charge >= 0.3 is 33.4 Å². The molecule has 0 heterocycles. The molecule has 5 atom stereocenters. The van der Waals surface area contributed by atoms with Crippen LogP contribution in [0.3, 0.4) is 0 Å². The minimum absolute atomic E-state index is 0.145. The summed E-state index contributed by atoms with van der Waals surface area (Å²) in [5, 5.41) is 3.83. The average Bonchev–Trinajstić information content (AvgIpc) is 3.10. The van der Waals surface area contributed by atoms with E-state index >= 15 is 0 Å². The molecule has 5 unspecified atom stereocenters. The SMILES string of the molecule is CC(O)(CC1CC2CC1CC2OC(=O)CCC(F)(F)C(F)(F)S(=O)(=O)O)C(F)(F)F. The summed E-state index contributed by atoms with van der Waals surface area (Å²) in [6.45, 7) is 0.666. The molecule has 0 aromatic carbocycles. The van der Waals surface area contributed by atoms with E-state index in [-0.39, 0.29) is 24.7 Å². The number of carbonyl (C=O) groups excluding carboxylic acids is 1. The topological polar surface area (TPSA) is 101 Å². The number of fused-ring (bicyclic) bond motifs is 2. The van der Waals surface area contributed by atoms with Crippen LogP contribution in [0.2, 0.25) is 0 Å². The molecule has 30 heavy (non-hydrogen) atoms. The molecule has 2 N–H and O–H groups in total. The Hall–Kier alpha value is -1.15. The maximum atomic E-state index is 13.4. The molecule has 2 aliphatic carbocycles. The highest BCUT2D eigenvalue weighted by atomic mass is 32.2. The van der Waals surface area contributed by atoms with Crippen LogP contribution >= 0.6 is 0 Å². The zero-order valence-corrected chi connectivity index (χ0v) is 16.4. The predicted octanol–water partition coefficient (Wildman–Crippen LogP) is 3.54. The lowest BCUT2D eigenvalue weighted by atomic mass is 9.80. The van der Waals surface area contributed by atoms with Crippen LogP contribution in [0.15, 0.2) is 0 Å². The van der Waals surface area contributed by atoms with E-state index in [0.717, 1.165) is 0 Å². The van der Waals surface area contributed by atoms with Crippen LogP contribution in [-0.4, -0.2) is 53.1 Å². The highest BCUT2D eigenvalue weighted by Crippen LogP contribution is 2.53. The first-order valence-corrected chi connectivity index (χ1v) is 10.4. The fourth-order valence-corrected chi connectivity index (χ4v) is 4.66. The van der Waals surface area contributed by atoms with E-state index in [1.165, 1.54) is 0 Å². The molecular formula is C16H21F7O6S. The fraction of sp³-hybridized carbons (Fsp3) is 0.938. The van der Waals surface area contributed by atoms with E-state index < -0.39 is 70.3 Å². The van der Waals surface area contributed by atoms with E-state index in [9.17, 15) is 49.1 Å². The summed E-state index contributed by atoms with van der Waals surface area (Å²) >= 11 is 0. The lowest BCUT2D eigenvalue weighted by Crippen LogP contribution is -2.47. The second-order valence-electron chi connectivity index (χ2n) is 8.19. The maximum absolute atomic E-state index is 13.4. The minimum atomic E-state index is -6.40. The van der Waals surface area contributed by atoms with Gasteiger partial charge < -0.3 is 9.84 Å². The molecule has 176 valence electrons. The molecule has 0 amide bonds. The van der Waals surface area contributed by atoms with Gasteiger partial charge in [0.15, 0.2) is 5.60 Å². The van der Waals surface area contributed by atoms with E-state index in [1.54, 1.807) is 0 Å². The van der Waals surface area contributed by atoms with Crippen LogP contribution in [-0.2, 0) is 19.6 Å². The monoisotopic (exact) mass is 474 g/mol. The van der Waals surface area contributed by atoms with Gasteiger partial charge in [0.25, 0.3) is 0 Å². The van der Waals surface area contributed by atoms with Gasteiger partial charge in [0.05, 0.1) is 6.42 Å². The Morgan fingerprint density at radius 1 is 1.03 bits per heavy atom. The first-order chi connectivity index (χ1) is 13.3. The molecule has 14 heteroatoms. The van der Waals surface area contributed by atoms with Gasteiger partial charge in [-0.1, -0.05) is 0 Å². The maximum Gasteiger partial charge on any atom is 0.431 e. The van der Waals surface area contributed by atoms with Gasteiger partial charge in [-0.05, 0) is 50.4 Å². The molecule has 0 saturated heterocycles. The molecule has 2 fully saturated rings. The van der Waals surface area contributed by atoms with Crippen molar-refractivity contribution in [3.63, 3.8) is 0 Å². The van der Waals surface area contributed by atoms with Gasteiger partial charge in [0.2, 0.25) is 0 Å². The molecule has 0 spiro atoms. The number of ether oxygens (including phenoxy) is 1. The van der Waals surface area contributed by atoms with Gasteiger partial charge in [0.1, 0.15) is 6.10 Å². The van der Waals surface area contributed by atoms with E-state index in [2.05, 4.69) is 0 Å². The van der Waals surface area contributed by atoms with Crippen molar-refractivity contribution >= 4 is 16.1 Å². The minimum Gasteiger partial charge on any atom is -0.462 e. The number of aliphatic hydroxyl groups is 1. The lowest BCUT2D eigenvalue weighted by Gasteiger charge is -2.34. The zero-order valence-electron chi connectivity index (χ0n) is 15.6. The van der Waals surface area contributed by atoms with E-state index in [4.69, 9.17) is 9.29 Å². The van der Waals surface area contributed by atoms with Crippen molar-refractivity contribution in [1.29, 1.82) is 0 Å². The number of hydrogen-bond donors (Lipinski definition) is 2. The molecule has 2 saturated carbocycles. The zero-order chi connectivity index (χ0) is 23.3.